The van der Waals surface area contributed by atoms with Gasteiger partial charge in [-0.25, -0.2) is 4.39 Å². The minimum Gasteiger partial charge on any atom is -0.381 e. The molecule has 1 fully saturated rings. The maximum absolute atomic E-state index is 13.8. The fraction of sp³-hybridized carbons (Fsp3) is 0.647. The lowest BCUT2D eigenvalue weighted by Crippen LogP contribution is -2.49. The van der Waals surface area contributed by atoms with Gasteiger partial charge < -0.3 is 14.8 Å². The third kappa shape index (κ3) is 3.82. The molecule has 0 aliphatic carbocycles. The topological polar surface area (TPSA) is 30.5 Å². The largest absolute Gasteiger partial charge is 0.381 e. The van der Waals surface area contributed by atoms with Crippen LogP contribution in [0.1, 0.15) is 43.4 Å². The number of halogens is 1. The second kappa shape index (κ2) is 7.34. The maximum Gasteiger partial charge on any atom is 0.123 e. The maximum atomic E-state index is 13.8. The summed E-state index contributed by atoms with van der Waals surface area (Å²) in [5.74, 6) is -0.188. The highest BCUT2D eigenvalue weighted by atomic mass is 19.1. The van der Waals surface area contributed by atoms with Crippen LogP contribution in [-0.4, -0.2) is 32.5 Å². The van der Waals surface area contributed by atoms with Gasteiger partial charge in [0, 0.05) is 33.2 Å². The van der Waals surface area contributed by atoms with Crippen LogP contribution in [0, 0.1) is 12.7 Å². The standard InChI is InChI=1S/C17H26FNO2/c1-4-7-19-16(14-10-13(2)11-15(18)12-14)17(20-3)5-8-21-9-6-17/h10-12,16,19H,4-9H2,1-3H3. The molecule has 1 N–H and O–H groups in total. The first kappa shape index (κ1) is 16.4. The third-order valence-electron chi connectivity index (χ3n) is 4.27. The molecular formula is C17H26FNO2. The summed E-state index contributed by atoms with van der Waals surface area (Å²) in [5.41, 5.74) is 1.57. The molecule has 1 saturated heterocycles. The molecule has 21 heavy (non-hydrogen) atoms. The van der Waals surface area contributed by atoms with Crippen molar-refractivity contribution >= 4 is 0 Å². The molecular weight excluding hydrogens is 269 g/mol. The Labute approximate surface area is 126 Å². The number of rotatable bonds is 6. The van der Waals surface area contributed by atoms with Crippen molar-refractivity contribution in [2.45, 2.75) is 44.8 Å². The zero-order valence-corrected chi connectivity index (χ0v) is 13.2. The van der Waals surface area contributed by atoms with Crippen molar-refractivity contribution in [1.29, 1.82) is 0 Å². The van der Waals surface area contributed by atoms with E-state index in [0.717, 1.165) is 36.9 Å². The van der Waals surface area contributed by atoms with Crippen LogP contribution in [0.3, 0.4) is 0 Å². The number of hydrogen-bond acceptors (Lipinski definition) is 3. The number of nitrogens with one attached hydrogen (secondary N) is 1. The number of methoxy groups -OCH3 is 1. The fourth-order valence-electron chi connectivity index (χ4n) is 3.16. The molecule has 0 radical (unpaired) electrons. The SMILES string of the molecule is CCCNC(c1cc(C)cc(F)c1)C1(OC)CCOCC1. The molecule has 0 bridgehead atoms. The fourth-order valence-corrected chi connectivity index (χ4v) is 3.16. The van der Waals surface area contributed by atoms with E-state index in [1.54, 1.807) is 19.2 Å². The van der Waals surface area contributed by atoms with Crippen LogP contribution in [0.4, 0.5) is 4.39 Å². The molecule has 1 aromatic rings. The van der Waals surface area contributed by atoms with Gasteiger partial charge in [-0.1, -0.05) is 13.0 Å². The molecule has 3 nitrogen and oxygen atoms in total. The second-order valence-corrected chi connectivity index (χ2v) is 5.83. The highest BCUT2D eigenvalue weighted by molar-refractivity contribution is 5.29. The lowest BCUT2D eigenvalue weighted by Gasteiger charge is -2.43. The van der Waals surface area contributed by atoms with E-state index in [-0.39, 0.29) is 17.5 Å². The average Bonchev–Trinajstić information content (AvgIpc) is 2.47. The Morgan fingerprint density at radius 1 is 1.33 bits per heavy atom. The van der Waals surface area contributed by atoms with Crippen LogP contribution in [0.25, 0.3) is 0 Å². The Balaban J connectivity index is 2.35. The average molecular weight is 295 g/mol. The van der Waals surface area contributed by atoms with Crippen LogP contribution in [0.15, 0.2) is 18.2 Å². The zero-order valence-electron chi connectivity index (χ0n) is 13.2. The normalized spacial score (nSPS) is 19.4. The minimum absolute atomic E-state index is 0.0132. The molecule has 1 heterocycles. The van der Waals surface area contributed by atoms with Crippen molar-refractivity contribution in [2.24, 2.45) is 0 Å². The van der Waals surface area contributed by atoms with Gasteiger partial charge in [-0.15, -0.1) is 0 Å². The van der Waals surface area contributed by atoms with Crippen molar-refractivity contribution in [2.75, 3.05) is 26.9 Å². The summed E-state index contributed by atoms with van der Waals surface area (Å²) in [5, 5.41) is 3.55. The Morgan fingerprint density at radius 3 is 2.62 bits per heavy atom. The number of hydrogen-bond donors (Lipinski definition) is 1. The predicted octanol–water partition coefficient (Wildman–Crippen LogP) is 3.37. The summed E-state index contributed by atoms with van der Waals surface area (Å²) >= 11 is 0. The first-order valence-electron chi connectivity index (χ1n) is 7.74. The van der Waals surface area contributed by atoms with Gasteiger partial charge in [0.15, 0.2) is 0 Å². The van der Waals surface area contributed by atoms with Gasteiger partial charge >= 0.3 is 0 Å². The zero-order chi connectivity index (χ0) is 15.3. The second-order valence-electron chi connectivity index (χ2n) is 5.83. The molecule has 4 heteroatoms. The smallest absolute Gasteiger partial charge is 0.123 e. The quantitative estimate of drug-likeness (QED) is 0.873. The molecule has 1 aliphatic rings. The van der Waals surface area contributed by atoms with E-state index in [9.17, 15) is 4.39 Å². The van der Waals surface area contributed by atoms with Crippen molar-refractivity contribution in [1.82, 2.24) is 5.32 Å². The van der Waals surface area contributed by atoms with E-state index in [0.29, 0.717) is 13.2 Å². The Kier molecular flexibility index (Phi) is 5.73. The van der Waals surface area contributed by atoms with Gasteiger partial charge in [0.2, 0.25) is 0 Å². The van der Waals surface area contributed by atoms with Gasteiger partial charge in [0.05, 0.1) is 11.6 Å². The molecule has 1 aliphatic heterocycles. The summed E-state index contributed by atoms with van der Waals surface area (Å²) < 4.78 is 25.2. The molecule has 0 amide bonds. The minimum atomic E-state index is -0.326. The van der Waals surface area contributed by atoms with Crippen molar-refractivity contribution in [3.05, 3.63) is 35.1 Å². The number of ether oxygens (including phenoxy) is 2. The Hall–Kier alpha value is -0.970. The summed E-state index contributed by atoms with van der Waals surface area (Å²) in [6.45, 7) is 6.31. The van der Waals surface area contributed by atoms with E-state index in [1.807, 2.05) is 13.0 Å². The predicted molar refractivity (Wildman–Crippen MR) is 82.0 cm³/mol. The molecule has 1 unspecified atom stereocenters. The Bertz CT molecular complexity index is 438. The van der Waals surface area contributed by atoms with Gasteiger partial charge in [-0.3, -0.25) is 0 Å². The van der Waals surface area contributed by atoms with E-state index in [4.69, 9.17) is 9.47 Å². The molecule has 0 saturated carbocycles. The molecule has 2 rings (SSSR count). The van der Waals surface area contributed by atoms with Crippen LogP contribution >= 0.6 is 0 Å². The van der Waals surface area contributed by atoms with E-state index in [2.05, 4.69) is 12.2 Å². The summed E-state index contributed by atoms with van der Waals surface area (Å²) in [6.07, 6.45) is 2.67. The van der Waals surface area contributed by atoms with Crippen LogP contribution in [-0.2, 0) is 9.47 Å². The first-order valence-corrected chi connectivity index (χ1v) is 7.74. The monoisotopic (exact) mass is 295 g/mol. The lowest BCUT2D eigenvalue weighted by molar-refractivity contribution is -0.111. The van der Waals surface area contributed by atoms with Crippen molar-refractivity contribution < 1.29 is 13.9 Å². The van der Waals surface area contributed by atoms with Gasteiger partial charge in [-0.2, -0.15) is 0 Å². The van der Waals surface area contributed by atoms with Crippen LogP contribution in [0.2, 0.25) is 0 Å². The number of aryl methyl sites for hydroxylation is 1. The highest BCUT2D eigenvalue weighted by Crippen LogP contribution is 2.37. The highest BCUT2D eigenvalue weighted by Gasteiger charge is 2.41. The molecule has 1 atom stereocenters. The first-order chi connectivity index (χ1) is 10.1. The van der Waals surface area contributed by atoms with E-state index >= 15 is 0 Å². The summed E-state index contributed by atoms with van der Waals surface area (Å²) in [6, 6.07) is 5.22. The van der Waals surface area contributed by atoms with Gasteiger partial charge in [0.1, 0.15) is 5.82 Å². The Morgan fingerprint density at radius 2 is 2.05 bits per heavy atom. The molecule has 0 spiro atoms. The van der Waals surface area contributed by atoms with Crippen molar-refractivity contribution in [3.63, 3.8) is 0 Å². The number of benzene rings is 1. The molecule has 0 aromatic heterocycles. The van der Waals surface area contributed by atoms with Crippen LogP contribution in [0.5, 0.6) is 0 Å². The van der Waals surface area contributed by atoms with Crippen molar-refractivity contribution in [3.8, 4) is 0 Å². The van der Waals surface area contributed by atoms with Gasteiger partial charge in [0.25, 0.3) is 0 Å². The molecule has 118 valence electrons. The molecule has 1 aromatic carbocycles. The van der Waals surface area contributed by atoms with Gasteiger partial charge in [-0.05, 0) is 43.1 Å². The third-order valence-corrected chi connectivity index (χ3v) is 4.27. The summed E-state index contributed by atoms with van der Waals surface area (Å²) in [7, 11) is 1.75. The lowest BCUT2D eigenvalue weighted by atomic mass is 9.81. The van der Waals surface area contributed by atoms with E-state index in [1.165, 1.54) is 0 Å². The van der Waals surface area contributed by atoms with E-state index < -0.39 is 0 Å². The van der Waals surface area contributed by atoms with Crippen LogP contribution < -0.4 is 5.32 Å². The summed E-state index contributed by atoms with van der Waals surface area (Å²) in [4.78, 5) is 0.